The summed E-state index contributed by atoms with van der Waals surface area (Å²) < 4.78 is 5.93. The molecule has 0 spiro atoms. The third-order valence-corrected chi connectivity index (χ3v) is 3.65. The summed E-state index contributed by atoms with van der Waals surface area (Å²) in [6.45, 7) is 0. The number of hydrogen-bond acceptors (Lipinski definition) is 2. The van der Waals surface area contributed by atoms with Crippen LogP contribution < -0.4 is 5.32 Å². The topological polar surface area (TPSA) is 25.2 Å². The summed E-state index contributed by atoms with van der Waals surface area (Å²) in [6.07, 6.45) is 0. The summed E-state index contributed by atoms with van der Waals surface area (Å²) in [4.78, 5) is 0. The summed E-state index contributed by atoms with van der Waals surface area (Å²) in [6, 6.07) is 18.8. The molecule has 2 nitrogen and oxygen atoms in total. The number of fused-ring (bicyclic) bond motifs is 5. The predicted molar refractivity (Wildman–Crippen MR) is 80.8 cm³/mol. The Hall–Kier alpha value is -2.48. The number of furan rings is 1. The Bertz CT molecular complexity index is 905. The molecule has 0 aliphatic rings. The standard InChI is InChI=1S/C17H13NO/c1-18-12-7-9-15-14(10-12)17-13-5-3-2-4-11(13)6-8-16(17)19-15/h2-10,18H,1H3. The zero-order valence-corrected chi connectivity index (χ0v) is 10.6. The minimum absolute atomic E-state index is 0.936. The van der Waals surface area contributed by atoms with Crippen LogP contribution in [-0.2, 0) is 0 Å². The lowest BCUT2D eigenvalue weighted by atomic mass is 10.0. The normalized spacial score (nSPS) is 11.4. The zero-order valence-electron chi connectivity index (χ0n) is 10.6. The Morgan fingerprint density at radius 2 is 1.68 bits per heavy atom. The van der Waals surface area contributed by atoms with Crippen molar-refractivity contribution < 1.29 is 4.42 Å². The van der Waals surface area contributed by atoms with E-state index in [9.17, 15) is 0 Å². The molecule has 2 heteroatoms. The number of rotatable bonds is 1. The summed E-state index contributed by atoms with van der Waals surface area (Å²) >= 11 is 0. The highest BCUT2D eigenvalue weighted by Gasteiger charge is 2.10. The molecule has 0 bridgehead atoms. The van der Waals surface area contributed by atoms with Crippen LogP contribution in [0.25, 0.3) is 32.7 Å². The van der Waals surface area contributed by atoms with Crippen LogP contribution in [0.2, 0.25) is 0 Å². The van der Waals surface area contributed by atoms with E-state index in [2.05, 4.69) is 47.8 Å². The third-order valence-electron chi connectivity index (χ3n) is 3.65. The largest absolute Gasteiger partial charge is 0.456 e. The molecular formula is C17H13NO. The smallest absolute Gasteiger partial charge is 0.136 e. The van der Waals surface area contributed by atoms with Gasteiger partial charge in [0.1, 0.15) is 11.2 Å². The van der Waals surface area contributed by atoms with Crippen LogP contribution in [-0.4, -0.2) is 7.05 Å². The monoisotopic (exact) mass is 247 g/mol. The van der Waals surface area contributed by atoms with Gasteiger partial charge in [-0.15, -0.1) is 0 Å². The van der Waals surface area contributed by atoms with Crippen molar-refractivity contribution in [3.63, 3.8) is 0 Å². The van der Waals surface area contributed by atoms with Gasteiger partial charge in [-0.25, -0.2) is 0 Å². The van der Waals surface area contributed by atoms with Crippen molar-refractivity contribution in [1.82, 2.24) is 0 Å². The Kier molecular flexibility index (Phi) is 2.06. The molecule has 0 aliphatic heterocycles. The number of benzene rings is 3. The fraction of sp³-hybridized carbons (Fsp3) is 0.0588. The van der Waals surface area contributed by atoms with E-state index in [1.165, 1.54) is 21.5 Å². The fourth-order valence-electron chi connectivity index (χ4n) is 2.70. The van der Waals surface area contributed by atoms with Crippen molar-refractivity contribution in [3.05, 3.63) is 54.6 Å². The van der Waals surface area contributed by atoms with Crippen LogP contribution in [0.15, 0.2) is 59.0 Å². The lowest BCUT2D eigenvalue weighted by Gasteiger charge is -2.00. The highest BCUT2D eigenvalue weighted by molar-refractivity contribution is 6.19. The molecule has 1 heterocycles. The molecule has 0 unspecified atom stereocenters. The Morgan fingerprint density at radius 3 is 2.58 bits per heavy atom. The van der Waals surface area contributed by atoms with Crippen molar-refractivity contribution >= 4 is 38.4 Å². The molecule has 1 aromatic heterocycles. The zero-order chi connectivity index (χ0) is 12.8. The first kappa shape index (κ1) is 10.4. The fourth-order valence-corrected chi connectivity index (χ4v) is 2.70. The first-order valence-electron chi connectivity index (χ1n) is 6.38. The molecule has 92 valence electrons. The molecular weight excluding hydrogens is 234 g/mol. The summed E-state index contributed by atoms with van der Waals surface area (Å²) in [7, 11) is 1.93. The maximum Gasteiger partial charge on any atom is 0.136 e. The minimum Gasteiger partial charge on any atom is -0.456 e. The van der Waals surface area contributed by atoms with Gasteiger partial charge in [0.25, 0.3) is 0 Å². The van der Waals surface area contributed by atoms with E-state index in [0.717, 1.165) is 16.9 Å². The van der Waals surface area contributed by atoms with Crippen LogP contribution in [0, 0.1) is 0 Å². The molecule has 1 N–H and O–H groups in total. The average Bonchev–Trinajstić information content (AvgIpc) is 2.85. The van der Waals surface area contributed by atoms with E-state index in [1.807, 2.05) is 19.2 Å². The maximum absolute atomic E-state index is 5.93. The molecule has 0 aliphatic carbocycles. The first-order chi connectivity index (χ1) is 9.36. The SMILES string of the molecule is CNc1ccc2oc3ccc4ccccc4c3c2c1. The van der Waals surface area contributed by atoms with Gasteiger partial charge in [0.2, 0.25) is 0 Å². The predicted octanol–water partition coefficient (Wildman–Crippen LogP) is 4.78. The van der Waals surface area contributed by atoms with Gasteiger partial charge in [-0.2, -0.15) is 0 Å². The molecule has 0 amide bonds. The second kappa shape index (κ2) is 3.75. The van der Waals surface area contributed by atoms with Crippen molar-refractivity contribution in [3.8, 4) is 0 Å². The molecule has 4 rings (SSSR count). The third kappa shape index (κ3) is 1.43. The second-order valence-electron chi connectivity index (χ2n) is 4.72. The molecule has 19 heavy (non-hydrogen) atoms. The molecule has 0 radical (unpaired) electrons. The van der Waals surface area contributed by atoms with E-state index < -0.39 is 0 Å². The van der Waals surface area contributed by atoms with Gasteiger partial charge in [0.15, 0.2) is 0 Å². The van der Waals surface area contributed by atoms with E-state index in [1.54, 1.807) is 0 Å². The summed E-state index contributed by atoms with van der Waals surface area (Å²) in [5, 5.41) is 8.03. The number of nitrogens with one attached hydrogen (secondary N) is 1. The van der Waals surface area contributed by atoms with Crippen LogP contribution in [0.1, 0.15) is 0 Å². The Morgan fingerprint density at radius 1 is 0.842 bits per heavy atom. The molecule has 0 saturated heterocycles. The van der Waals surface area contributed by atoms with Crippen LogP contribution in [0.4, 0.5) is 5.69 Å². The van der Waals surface area contributed by atoms with Crippen molar-refractivity contribution in [2.75, 3.05) is 12.4 Å². The van der Waals surface area contributed by atoms with Crippen LogP contribution in [0.3, 0.4) is 0 Å². The van der Waals surface area contributed by atoms with E-state index >= 15 is 0 Å². The lowest BCUT2D eigenvalue weighted by molar-refractivity contribution is 0.669. The average molecular weight is 247 g/mol. The minimum atomic E-state index is 0.936. The Labute approximate surface area is 110 Å². The second-order valence-corrected chi connectivity index (χ2v) is 4.72. The van der Waals surface area contributed by atoms with E-state index in [-0.39, 0.29) is 0 Å². The van der Waals surface area contributed by atoms with Gasteiger partial charge >= 0.3 is 0 Å². The van der Waals surface area contributed by atoms with E-state index in [4.69, 9.17) is 4.42 Å². The first-order valence-corrected chi connectivity index (χ1v) is 6.38. The van der Waals surface area contributed by atoms with Crippen LogP contribution in [0.5, 0.6) is 0 Å². The van der Waals surface area contributed by atoms with Crippen LogP contribution >= 0.6 is 0 Å². The van der Waals surface area contributed by atoms with Gasteiger partial charge in [-0.3, -0.25) is 0 Å². The summed E-state index contributed by atoms with van der Waals surface area (Å²) in [5.74, 6) is 0. The molecule has 0 saturated carbocycles. The van der Waals surface area contributed by atoms with Crippen molar-refractivity contribution in [1.29, 1.82) is 0 Å². The number of hydrogen-bond donors (Lipinski definition) is 1. The lowest BCUT2D eigenvalue weighted by Crippen LogP contribution is -1.85. The molecule has 0 atom stereocenters. The van der Waals surface area contributed by atoms with Gasteiger partial charge in [0, 0.05) is 23.5 Å². The van der Waals surface area contributed by atoms with Crippen molar-refractivity contribution in [2.45, 2.75) is 0 Å². The highest BCUT2D eigenvalue weighted by Crippen LogP contribution is 2.35. The quantitative estimate of drug-likeness (QED) is 0.523. The molecule has 3 aromatic carbocycles. The maximum atomic E-state index is 5.93. The molecule has 0 fully saturated rings. The van der Waals surface area contributed by atoms with E-state index in [0.29, 0.717) is 0 Å². The Balaban J connectivity index is 2.27. The van der Waals surface area contributed by atoms with Gasteiger partial charge in [-0.05, 0) is 35.0 Å². The highest BCUT2D eigenvalue weighted by atomic mass is 16.3. The van der Waals surface area contributed by atoms with Gasteiger partial charge in [-0.1, -0.05) is 30.3 Å². The van der Waals surface area contributed by atoms with Gasteiger partial charge in [0.05, 0.1) is 0 Å². The number of anilines is 1. The van der Waals surface area contributed by atoms with Crippen molar-refractivity contribution in [2.24, 2.45) is 0 Å². The van der Waals surface area contributed by atoms with Gasteiger partial charge < -0.3 is 9.73 Å². The molecule has 4 aromatic rings. The summed E-state index contributed by atoms with van der Waals surface area (Å²) in [5.41, 5.74) is 2.98.